The van der Waals surface area contributed by atoms with Gasteiger partial charge in [-0.05, 0) is 36.5 Å². The Kier molecular flexibility index (Phi) is 6.63. The number of benzene rings is 1. The minimum Gasteiger partial charge on any atom is -0.481 e. The van der Waals surface area contributed by atoms with E-state index in [1.165, 1.54) is 4.31 Å². The summed E-state index contributed by atoms with van der Waals surface area (Å²) in [7, 11) is -3.60. The van der Waals surface area contributed by atoms with Crippen molar-refractivity contribution in [3.05, 3.63) is 29.8 Å². The van der Waals surface area contributed by atoms with E-state index in [4.69, 9.17) is 0 Å². The first-order valence-electron chi connectivity index (χ1n) is 10.3. The highest BCUT2D eigenvalue weighted by molar-refractivity contribution is 7.89. The number of amides is 1. The van der Waals surface area contributed by atoms with E-state index >= 15 is 0 Å². The van der Waals surface area contributed by atoms with E-state index < -0.39 is 27.8 Å². The van der Waals surface area contributed by atoms with Crippen LogP contribution in [0.5, 0.6) is 0 Å². The van der Waals surface area contributed by atoms with Gasteiger partial charge in [0, 0.05) is 26.2 Å². The molecule has 7 nitrogen and oxygen atoms in total. The van der Waals surface area contributed by atoms with Crippen molar-refractivity contribution >= 4 is 21.9 Å². The maximum Gasteiger partial charge on any atom is 0.307 e. The minimum absolute atomic E-state index is 0.143. The van der Waals surface area contributed by atoms with Crippen LogP contribution in [-0.4, -0.2) is 60.8 Å². The summed E-state index contributed by atoms with van der Waals surface area (Å²) in [6, 6.07) is 6.96. The summed E-state index contributed by atoms with van der Waals surface area (Å²) in [6.07, 6.45) is 2.83. The zero-order chi connectivity index (χ0) is 21.2. The Bertz CT molecular complexity index is 842. The Morgan fingerprint density at radius 3 is 2.03 bits per heavy atom. The van der Waals surface area contributed by atoms with Crippen LogP contribution in [-0.2, 0) is 19.6 Å². The Hall–Kier alpha value is -1.93. The molecule has 2 atom stereocenters. The average Bonchev–Trinajstić information content (AvgIpc) is 2.73. The molecule has 8 heteroatoms. The van der Waals surface area contributed by atoms with Crippen LogP contribution in [0.3, 0.4) is 0 Å². The number of carbonyl (C=O) groups is 2. The lowest BCUT2D eigenvalue weighted by Crippen LogP contribution is -2.53. The molecule has 0 bridgehead atoms. The van der Waals surface area contributed by atoms with Gasteiger partial charge in [-0.2, -0.15) is 4.31 Å². The molecule has 0 radical (unpaired) electrons. The highest BCUT2D eigenvalue weighted by Gasteiger charge is 2.39. The standard InChI is InChI=1S/C21H30N2O5S/c1-15(2)16-7-9-17(10-8-16)29(27,28)23-13-11-22(12-14-23)20(24)18-5-3-4-6-19(18)21(25)26/h7-10,15,18-19H,3-6,11-14H2,1-2H3,(H,25,26)/t18-,19+/m0/s1. The molecule has 0 unspecified atom stereocenters. The highest BCUT2D eigenvalue weighted by Crippen LogP contribution is 2.32. The van der Waals surface area contributed by atoms with Crippen LogP contribution in [0.2, 0.25) is 0 Å². The zero-order valence-corrected chi connectivity index (χ0v) is 17.9. The van der Waals surface area contributed by atoms with Crippen LogP contribution < -0.4 is 0 Å². The number of aliphatic carboxylic acids is 1. The van der Waals surface area contributed by atoms with Gasteiger partial charge in [-0.3, -0.25) is 9.59 Å². The van der Waals surface area contributed by atoms with Gasteiger partial charge in [0.1, 0.15) is 0 Å². The summed E-state index contributed by atoms with van der Waals surface area (Å²) in [5.74, 6) is -1.84. The maximum absolute atomic E-state index is 12.9. The van der Waals surface area contributed by atoms with Crippen molar-refractivity contribution in [1.29, 1.82) is 0 Å². The molecule has 1 amide bonds. The summed E-state index contributed by atoms with van der Waals surface area (Å²) >= 11 is 0. The van der Waals surface area contributed by atoms with Crippen molar-refractivity contribution in [3.8, 4) is 0 Å². The lowest BCUT2D eigenvalue weighted by molar-refractivity contribution is -0.152. The van der Waals surface area contributed by atoms with Gasteiger partial charge in [-0.15, -0.1) is 0 Å². The Morgan fingerprint density at radius 2 is 1.52 bits per heavy atom. The first kappa shape index (κ1) is 21.8. The molecule has 1 aliphatic heterocycles. The van der Waals surface area contributed by atoms with E-state index in [1.807, 2.05) is 12.1 Å². The fourth-order valence-corrected chi connectivity index (χ4v) is 5.70. The summed E-state index contributed by atoms with van der Waals surface area (Å²) in [5.41, 5.74) is 1.08. The summed E-state index contributed by atoms with van der Waals surface area (Å²) < 4.78 is 27.3. The van der Waals surface area contributed by atoms with Crippen molar-refractivity contribution < 1.29 is 23.1 Å². The van der Waals surface area contributed by atoms with Gasteiger partial charge < -0.3 is 10.0 Å². The van der Waals surface area contributed by atoms with Gasteiger partial charge in [0.25, 0.3) is 0 Å². The van der Waals surface area contributed by atoms with Gasteiger partial charge in [-0.1, -0.05) is 38.8 Å². The quantitative estimate of drug-likeness (QED) is 0.787. The number of carboxylic acid groups (broad SMARTS) is 1. The van der Waals surface area contributed by atoms with E-state index in [1.54, 1.807) is 17.0 Å². The third kappa shape index (κ3) is 4.64. The topological polar surface area (TPSA) is 95.0 Å². The first-order valence-corrected chi connectivity index (χ1v) is 11.8. The number of nitrogens with zero attached hydrogens (tertiary/aromatic N) is 2. The molecule has 0 aromatic heterocycles. The largest absolute Gasteiger partial charge is 0.481 e. The molecule has 1 aliphatic carbocycles. The lowest BCUT2D eigenvalue weighted by Gasteiger charge is -2.38. The molecule has 1 aromatic rings. The van der Waals surface area contributed by atoms with Crippen molar-refractivity contribution in [2.24, 2.45) is 11.8 Å². The lowest BCUT2D eigenvalue weighted by atomic mass is 9.78. The molecule has 160 valence electrons. The number of hydrogen-bond acceptors (Lipinski definition) is 4. The van der Waals surface area contributed by atoms with Crippen molar-refractivity contribution in [3.63, 3.8) is 0 Å². The predicted molar refractivity (Wildman–Crippen MR) is 109 cm³/mol. The van der Waals surface area contributed by atoms with E-state index in [0.717, 1.165) is 18.4 Å². The van der Waals surface area contributed by atoms with Gasteiger partial charge in [0.05, 0.1) is 16.7 Å². The maximum atomic E-state index is 12.9. The van der Waals surface area contributed by atoms with Gasteiger partial charge in [0.2, 0.25) is 15.9 Å². The van der Waals surface area contributed by atoms with Gasteiger partial charge in [-0.25, -0.2) is 8.42 Å². The Labute approximate surface area is 172 Å². The number of rotatable bonds is 5. The molecule has 0 spiro atoms. The number of sulfonamides is 1. The molecule has 29 heavy (non-hydrogen) atoms. The van der Waals surface area contributed by atoms with Crippen LogP contribution in [0.15, 0.2) is 29.2 Å². The van der Waals surface area contributed by atoms with Crippen molar-refractivity contribution in [1.82, 2.24) is 9.21 Å². The highest BCUT2D eigenvalue weighted by atomic mass is 32.2. The average molecular weight is 423 g/mol. The molecule has 3 rings (SSSR count). The normalized spacial score (nSPS) is 23.9. The molecular weight excluding hydrogens is 392 g/mol. The fourth-order valence-electron chi connectivity index (χ4n) is 4.28. The van der Waals surface area contributed by atoms with E-state index in [2.05, 4.69) is 13.8 Å². The molecule has 1 saturated carbocycles. The van der Waals surface area contributed by atoms with Crippen molar-refractivity contribution in [2.75, 3.05) is 26.2 Å². The number of hydrogen-bond donors (Lipinski definition) is 1. The van der Waals surface area contributed by atoms with Crippen LogP contribution in [0, 0.1) is 11.8 Å². The Balaban J connectivity index is 1.64. The minimum atomic E-state index is -3.60. The monoisotopic (exact) mass is 422 g/mol. The van der Waals surface area contributed by atoms with E-state index in [-0.39, 0.29) is 23.9 Å². The summed E-state index contributed by atoms with van der Waals surface area (Å²) in [6.45, 7) is 5.16. The Morgan fingerprint density at radius 1 is 0.966 bits per heavy atom. The van der Waals surface area contributed by atoms with Gasteiger partial charge >= 0.3 is 5.97 Å². The zero-order valence-electron chi connectivity index (χ0n) is 17.1. The van der Waals surface area contributed by atoms with Crippen LogP contribution in [0.1, 0.15) is 51.0 Å². The number of carbonyl (C=O) groups excluding carboxylic acids is 1. The predicted octanol–water partition coefficient (Wildman–Crippen LogP) is 2.53. The third-order valence-corrected chi connectivity index (χ3v) is 8.05. The second-order valence-electron chi connectivity index (χ2n) is 8.29. The van der Waals surface area contributed by atoms with E-state index in [9.17, 15) is 23.1 Å². The molecule has 2 fully saturated rings. The summed E-state index contributed by atoms with van der Waals surface area (Å²) in [4.78, 5) is 26.3. The van der Waals surface area contributed by atoms with Gasteiger partial charge in [0.15, 0.2) is 0 Å². The molecule has 1 N–H and O–H groups in total. The number of carboxylic acids is 1. The molecule has 2 aliphatic rings. The molecule has 1 aromatic carbocycles. The summed E-state index contributed by atoms with van der Waals surface area (Å²) in [5, 5.41) is 9.43. The second-order valence-corrected chi connectivity index (χ2v) is 10.2. The van der Waals surface area contributed by atoms with Crippen LogP contribution in [0.4, 0.5) is 0 Å². The second kappa shape index (κ2) is 8.83. The molecule has 1 heterocycles. The first-order chi connectivity index (χ1) is 13.7. The SMILES string of the molecule is CC(C)c1ccc(S(=O)(=O)N2CCN(C(=O)[C@H]3CCCC[C@H]3C(=O)O)CC2)cc1. The molecular formula is C21H30N2O5S. The number of piperazine rings is 1. The molecule has 1 saturated heterocycles. The fraction of sp³-hybridized carbons (Fsp3) is 0.619. The van der Waals surface area contributed by atoms with Crippen LogP contribution in [0.25, 0.3) is 0 Å². The van der Waals surface area contributed by atoms with Crippen molar-refractivity contribution in [2.45, 2.75) is 50.3 Å². The van der Waals surface area contributed by atoms with Crippen LogP contribution >= 0.6 is 0 Å². The van der Waals surface area contributed by atoms with E-state index in [0.29, 0.717) is 31.8 Å². The third-order valence-electron chi connectivity index (χ3n) is 6.14. The smallest absolute Gasteiger partial charge is 0.307 e.